The number of ether oxygens (including phenoxy) is 3. The Morgan fingerprint density at radius 1 is 0.914 bits per heavy atom. The van der Waals surface area contributed by atoms with Crippen LogP contribution in [0.5, 0.6) is 17.2 Å². The number of nitrogens with one attached hydrogen (secondary N) is 1. The Labute approximate surface area is 210 Å². The molecule has 8 nitrogen and oxygen atoms in total. The first-order valence-corrected chi connectivity index (χ1v) is 12.5. The first-order chi connectivity index (χ1) is 16.7. The average molecular weight is 519 g/mol. The van der Waals surface area contributed by atoms with Crippen LogP contribution < -0.4 is 23.8 Å². The van der Waals surface area contributed by atoms with E-state index < -0.39 is 28.5 Å². The van der Waals surface area contributed by atoms with Gasteiger partial charge in [-0.3, -0.25) is 9.10 Å². The molecule has 0 bridgehead atoms. The third-order valence-electron chi connectivity index (χ3n) is 5.31. The third-order valence-corrected chi connectivity index (χ3v) is 7.32. The lowest BCUT2D eigenvalue weighted by Gasteiger charge is -2.26. The molecule has 0 fully saturated rings. The molecule has 0 saturated carbocycles. The van der Waals surface area contributed by atoms with Crippen molar-refractivity contribution in [2.75, 3.05) is 32.2 Å². The van der Waals surface area contributed by atoms with Crippen LogP contribution in [0.2, 0.25) is 5.02 Å². The number of carbonyl (C=O) groups is 1. The van der Waals surface area contributed by atoms with Gasteiger partial charge in [0.15, 0.2) is 11.5 Å². The van der Waals surface area contributed by atoms with Crippen LogP contribution in [0.4, 0.5) is 5.69 Å². The minimum atomic E-state index is -4.12. The van der Waals surface area contributed by atoms with E-state index in [1.807, 2.05) is 0 Å². The second kappa shape index (κ2) is 11.3. The molecule has 0 aliphatic heterocycles. The van der Waals surface area contributed by atoms with Crippen LogP contribution in [0.15, 0.2) is 71.6 Å². The second-order valence-corrected chi connectivity index (χ2v) is 9.84. The fourth-order valence-electron chi connectivity index (χ4n) is 3.50. The molecule has 0 spiro atoms. The van der Waals surface area contributed by atoms with Gasteiger partial charge < -0.3 is 19.5 Å². The molecule has 35 heavy (non-hydrogen) atoms. The third kappa shape index (κ3) is 5.98. The number of amides is 1. The summed E-state index contributed by atoms with van der Waals surface area (Å²) in [5.74, 6) is 0.814. The smallest absolute Gasteiger partial charge is 0.264 e. The molecule has 0 aliphatic carbocycles. The molecule has 10 heteroatoms. The van der Waals surface area contributed by atoms with E-state index in [4.69, 9.17) is 25.8 Å². The summed E-state index contributed by atoms with van der Waals surface area (Å²) in [4.78, 5) is 13.1. The lowest BCUT2D eigenvalue weighted by molar-refractivity contribution is -0.120. The monoisotopic (exact) mass is 518 g/mol. The highest BCUT2D eigenvalue weighted by Crippen LogP contribution is 2.35. The highest BCUT2D eigenvalue weighted by atomic mass is 35.5. The van der Waals surface area contributed by atoms with Crippen LogP contribution >= 0.6 is 11.6 Å². The fourth-order valence-corrected chi connectivity index (χ4v) is 5.11. The second-order valence-electron chi connectivity index (χ2n) is 7.54. The number of sulfonamides is 1. The summed E-state index contributed by atoms with van der Waals surface area (Å²) in [5, 5.41) is 3.14. The van der Waals surface area contributed by atoms with E-state index in [-0.39, 0.29) is 16.3 Å². The highest BCUT2D eigenvalue weighted by molar-refractivity contribution is 7.92. The lowest BCUT2D eigenvalue weighted by Crippen LogP contribution is -2.41. The normalized spacial score (nSPS) is 11.9. The van der Waals surface area contributed by atoms with Gasteiger partial charge in [0, 0.05) is 5.02 Å². The Morgan fingerprint density at radius 2 is 1.54 bits per heavy atom. The first kappa shape index (κ1) is 26.2. The average Bonchev–Trinajstić information content (AvgIpc) is 2.87. The number of methoxy groups -OCH3 is 3. The molecule has 1 atom stereocenters. The summed E-state index contributed by atoms with van der Waals surface area (Å²) in [7, 11) is 0.354. The molecule has 186 valence electrons. The minimum Gasteiger partial charge on any atom is -0.495 e. The molecule has 0 aliphatic rings. The first-order valence-electron chi connectivity index (χ1n) is 10.6. The van der Waals surface area contributed by atoms with Crippen LogP contribution in [0.25, 0.3) is 0 Å². The summed E-state index contributed by atoms with van der Waals surface area (Å²) in [6.07, 6.45) is 0. The van der Waals surface area contributed by atoms with Gasteiger partial charge in [0.05, 0.1) is 38.0 Å². The SMILES string of the molecule is COc1ccc([C@H](C)NC(=O)CN(c2cc(Cl)ccc2OC)S(=O)(=O)c2ccccc2)cc1OC. The van der Waals surface area contributed by atoms with E-state index in [1.165, 1.54) is 39.5 Å². The van der Waals surface area contributed by atoms with Crippen LogP contribution in [-0.4, -0.2) is 42.2 Å². The Kier molecular flexibility index (Phi) is 8.48. The highest BCUT2D eigenvalue weighted by Gasteiger charge is 2.30. The van der Waals surface area contributed by atoms with E-state index in [0.29, 0.717) is 16.5 Å². The summed E-state index contributed by atoms with van der Waals surface area (Å²) in [6.45, 7) is 1.29. The van der Waals surface area contributed by atoms with Gasteiger partial charge in [-0.15, -0.1) is 0 Å². The number of rotatable bonds is 10. The summed E-state index contributed by atoms with van der Waals surface area (Å²) < 4.78 is 44.1. The van der Waals surface area contributed by atoms with Gasteiger partial charge in [-0.25, -0.2) is 8.42 Å². The molecule has 0 saturated heterocycles. The quantitative estimate of drug-likeness (QED) is 0.426. The van der Waals surface area contributed by atoms with E-state index in [2.05, 4.69) is 5.32 Å². The van der Waals surface area contributed by atoms with Gasteiger partial charge in [-0.1, -0.05) is 35.9 Å². The zero-order valence-corrected chi connectivity index (χ0v) is 21.4. The predicted molar refractivity (Wildman–Crippen MR) is 135 cm³/mol. The number of benzene rings is 3. The molecule has 0 radical (unpaired) electrons. The van der Waals surface area contributed by atoms with E-state index in [9.17, 15) is 13.2 Å². The molecule has 1 N–H and O–H groups in total. The summed E-state index contributed by atoms with van der Waals surface area (Å²) in [5.41, 5.74) is 0.909. The summed E-state index contributed by atoms with van der Waals surface area (Å²) >= 11 is 6.17. The van der Waals surface area contributed by atoms with E-state index >= 15 is 0 Å². The topological polar surface area (TPSA) is 94.2 Å². The van der Waals surface area contributed by atoms with Crippen molar-refractivity contribution in [2.45, 2.75) is 17.9 Å². The zero-order chi connectivity index (χ0) is 25.6. The van der Waals surface area contributed by atoms with Gasteiger partial charge in [0.25, 0.3) is 10.0 Å². The number of anilines is 1. The number of hydrogen-bond acceptors (Lipinski definition) is 6. The van der Waals surface area contributed by atoms with Gasteiger partial charge >= 0.3 is 0 Å². The van der Waals surface area contributed by atoms with Crippen molar-refractivity contribution in [2.24, 2.45) is 0 Å². The van der Waals surface area contributed by atoms with Crippen LogP contribution in [0, 0.1) is 0 Å². The van der Waals surface area contributed by atoms with Gasteiger partial charge in [0.2, 0.25) is 5.91 Å². The molecule has 0 aromatic heterocycles. The maximum absolute atomic E-state index is 13.6. The number of halogens is 1. The maximum Gasteiger partial charge on any atom is 0.264 e. The molecular formula is C25H27ClN2O6S. The lowest BCUT2D eigenvalue weighted by atomic mass is 10.1. The molecule has 0 unspecified atom stereocenters. The van der Waals surface area contributed by atoms with Gasteiger partial charge in [-0.05, 0) is 55.0 Å². The van der Waals surface area contributed by atoms with Crippen molar-refractivity contribution < 1.29 is 27.4 Å². The molecule has 0 heterocycles. The Bertz CT molecular complexity index is 1280. The number of carbonyl (C=O) groups excluding carboxylic acids is 1. The molecule has 3 aromatic carbocycles. The van der Waals surface area contributed by atoms with Gasteiger partial charge in [0.1, 0.15) is 12.3 Å². The Morgan fingerprint density at radius 3 is 2.17 bits per heavy atom. The van der Waals surface area contributed by atoms with E-state index in [1.54, 1.807) is 55.5 Å². The zero-order valence-electron chi connectivity index (χ0n) is 19.8. The maximum atomic E-state index is 13.6. The Balaban J connectivity index is 1.94. The van der Waals surface area contributed by atoms with Crippen LogP contribution in [0.3, 0.4) is 0 Å². The largest absolute Gasteiger partial charge is 0.495 e. The van der Waals surface area contributed by atoms with Crippen molar-refractivity contribution in [1.29, 1.82) is 0 Å². The van der Waals surface area contributed by atoms with Crippen molar-refractivity contribution >= 4 is 33.2 Å². The fraction of sp³-hybridized carbons (Fsp3) is 0.240. The Hall–Kier alpha value is -3.43. The predicted octanol–water partition coefficient (Wildman–Crippen LogP) is 4.44. The standard InChI is InChI=1S/C25H27ClN2O6S/c1-17(18-10-12-23(33-3)24(14-18)34-4)27-25(29)16-28(21-15-19(26)11-13-22(21)32-2)35(30,31)20-8-6-5-7-9-20/h5-15,17H,16H2,1-4H3,(H,27,29)/t17-/m0/s1. The van der Waals surface area contributed by atoms with Crippen molar-refractivity contribution in [1.82, 2.24) is 5.32 Å². The molecular weight excluding hydrogens is 492 g/mol. The molecule has 3 rings (SSSR count). The van der Waals surface area contributed by atoms with Crippen LogP contribution in [0.1, 0.15) is 18.5 Å². The van der Waals surface area contributed by atoms with Crippen molar-refractivity contribution in [3.63, 3.8) is 0 Å². The van der Waals surface area contributed by atoms with Crippen molar-refractivity contribution in [3.05, 3.63) is 77.3 Å². The minimum absolute atomic E-state index is 0.0303. The number of nitrogens with zero attached hydrogens (tertiary/aromatic N) is 1. The number of hydrogen-bond donors (Lipinski definition) is 1. The summed E-state index contributed by atoms with van der Waals surface area (Å²) in [6, 6.07) is 17.3. The van der Waals surface area contributed by atoms with Crippen molar-refractivity contribution in [3.8, 4) is 17.2 Å². The van der Waals surface area contributed by atoms with E-state index in [0.717, 1.165) is 9.87 Å². The van der Waals surface area contributed by atoms with Crippen LogP contribution in [-0.2, 0) is 14.8 Å². The van der Waals surface area contributed by atoms with Gasteiger partial charge in [-0.2, -0.15) is 0 Å². The molecule has 3 aromatic rings. The molecule has 1 amide bonds.